The third-order valence-corrected chi connectivity index (χ3v) is 5.30. The Balaban J connectivity index is 0. The Kier molecular flexibility index (Phi) is 13.7. The second kappa shape index (κ2) is 13.2. The van der Waals surface area contributed by atoms with Gasteiger partial charge in [0.25, 0.3) is 0 Å². The molecule has 0 spiro atoms. The quantitative estimate of drug-likeness (QED) is 0.298. The molecule has 7 nitrogen and oxygen atoms in total. The van der Waals surface area contributed by atoms with Crippen LogP contribution in [0.4, 0.5) is 0 Å². The van der Waals surface area contributed by atoms with Gasteiger partial charge < -0.3 is 23.1 Å². The number of carboxylic acids is 1. The molecule has 8 heteroatoms. The standard InChI is InChI=1S/C10H20O5Si.C4H6O2/c1-5-7-10(11)15-8-6-9-16(12-2,13-3)14-4;1-3(2)4(5)6/h5,7H,6,8-9H2,1-4H3;1H2,2H3,(H,5,6). The van der Waals surface area contributed by atoms with Crippen LogP contribution in [0.5, 0.6) is 0 Å². The summed E-state index contributed by atoms with van der Waals surface area (Å²) in [4.78, 5) is 20.6. The molecule has 0 aromatic rings. The van der Waals surface area contributed by atoms with Gasteiger partial charge in [0, 0.05) is 39.0 Å². The number of carboxylic acid groups (broad SMARTS) is 1. The SMILES string of the molecule is C=C(C)C(=O)O.CC=CC(=O)OCCC[Si](OC)(OC)OC. The van der Waals surface area contributed by atoms with Crippen LogP contribution in [-0.4, -0.2) is 53.8 Å². The van der Waals surface area contributed by atoms with Gasteiger partial charge in [-0.2, -0.15) is 0 Å². The van der Waals surface area contributed by atoms with Crippen molar-refractivity contribution in [1.82, 2.24) is 0 Å². The Hall–Kier alpha value is -1.48. The number of carbonyl (C=O) groups is 2. The number of rotatable bonds is 9. The highest BCUT2D eigenvalue weighted by molar-refractivity contribution is 6.60. The van der Waals surface area contributed by atoms with Crippen molar-refractivity contribution in [1.29, 1.82) is 0 Å². The van der Waals surface area contributed by atoms with E-state index in [0.717, 1.165) is 0 Å². The van der Waals surface area contributed by atoms with Crippen LogP contribution >= 0.6 is 0 Å². The third-order valence-electron chi connectivity index (χ3n) is 2.47. The maximum absolute atomic E-state index is 11.0. The summed E-state index contributed by atoms with van der Waals surface area (Å²) in [7, 11) is 2.16. The molecule has 1 N–H and O–H groups in total. The van der Waals surface area contributed by atoms with Gasteiger partial charge in [0.05, 0.1) is 6.61 Å². The molecule has 22 heavy (non-hydrogen) atoms. The van der Waals surface area contributed by atoms with Crippen molar-refractivity contribution in [2.45, 2.75) is 26.3 Å². The molecule has 0 radical (unpaired) electrons. The lowest BCUT2D eigenvalue weighted by Crippen LogP contribution is -2.42. The number of esters is 1. The first-order chi connectivity index (χ1) is 10.3. The van der Waals surface area contributed by atoms with Crippen LogP contribution in [-0.2, 0) is 27.6 Å². The summed E-state index contributed by atoms with van der Waals surface area (Å²) in [5.74, 6) is -1.27. The number of allylic oxidation sites excluding steroid dienone is 1. The van der Waals surface area contributed by atoms with E-state index in [2.05, 4.69) is 6.58 Å². The van der Waals surface area contributed by atoms with E-state index < -0.39 is 14.8 Å². The maximum Gasteiger partial charge on any atom is 0.500 e. The monoisotopic (exact) mass is 334 g/mol. The predicted molar refractivity (Wildman–Crippen MR) is 84.4 cm³/mol. The summed E-state index contributed by atoms with van der Waals surface area (Å²) in [6.07, 6.45) is 3.68. The van der Waals surface area contributed by atoms with Crippen LogP contribution in [0.3, 0.4) is 0 Å². The molecular weight excluding hydrogens is 308 g/mol. The molecule has 0 aliphatic rings. The average Bonchev–Trinajstić information content (AvgIpc) is 2.49. The Morgan fingerprint density at radius 2 is 1.64 bits per heavy atom. The Bertz CT molecular complexity index is 355. The number of hydrogen-bond donors (Lipinski definition) is 1. The molecule has 0 fully saturated rings. The van der Waals surface area contributed by atoms with Crippen LogP contribution in [0.1, 0.15) is 20.3 Å². The summed E-state index contributed by atoms with van der Waals surface area (Å²) in [5.41, 5.74) is 0.176. The molecule has 0 aromatic carbocycles. The van der Waals surface area contributed by atoms with Crippen molar-refractivity contribution in [3.8, 4) is 0 Å². The zero-order chi connectivity index (χ0) is 17.6. The second-order valence-corrected chi connectivity index (χ2v) is 7.24. The molecule has 128 valence electrons. The lowest BCUT2D eigenvalue weighted by Gasteiger charge is -2.23. The number of ether oxygens (including phenoxy) is 1. The molecule has 0 heterocycles. The third kappa shape index (κ3) is 11.2. The van der Waals surface area contributed by atoms with Crippen molar-refractivity contribution < 1.29 is 32.7 Å². The summed E-state index contributed by atoms with van der Waals surface area (Å²) >= 11 is 0. The molecule has 0 saturated heterocycles. The van der Waals surface area contributed by atoms with Gasteiger partial charge in [-0.15, -0.1) is 0 Å². The van der Waals surface area contributed by atoms with Gasteiger partial charge in [-0.1, -0.05) is 12.7 Å². The van der Waals surface area contributed by atoms with Gasteiger partial charge >= 0.3 is 20.7 Å². The average molecular weight is 334 g/mol. The Morgan fingerprint density at radius 3 is 1.95 bits per heavy atom. The van der Waals surface area contributed by atoms with Crippen LogP contribution < -0.4 is 0 Å². The van der Waals surface area contributed by atoms with Crippen molar-refractivity contribution in [3.05, 3.63) is 24.3 Å². The van der Waals surface area contributed by atoms with E-state index in [1.165, 1.54) is 13.0 Å². The molecule has 0 aliphatic carbocycles. The van der Waals surface area contributed by atoms with Crippen molar-refractivity contribution >= 4 is 20.7 Å². The number of aliphatic carboxylic acids is 1. The first kappa shape index (κ1) is 22.8. The Morgan fingerprint density at radius 1 is 1.18 bits per heavy atom. The van der Waals surface area contributed by atoms with Gasteiger partial charge in [-0.05, 0) is 20.3 Å². The fraction of sp³-hybridized carbons (Fsp3) is 0.571. The molecule has 0 rings (SSSR count). The second-order valence-electron chi connectivity index (χ2n) is 4.15. The predicted octanol–water partition coefficient (Wildman–Crippen LogP) is 2.02. The fourth-order valence-corrected chi connectivity index (χ4v) is 2.89. The number of carbonyl (C=O) groups excluding carboxylic acids is 1. The van der Waals surface area contributed by atoms with E-state index in [0.29, 0.717) is 19.1 Å². The summed E-state index contributed by atoms with van der Waals surface area (Å²) in [6, 6.07) is 0.625. The zero-order valence-electron chi connectivity index (χ0n) is 13.9. The van der Waals surface area contributed by atoms with E-state index in [9.17, 15) is 9.59 Å². The first-order valence-corrected chi connectivity index (χ1v) is 8.55. The lowest BCUT2D eigenvalue weighted by atomic mass is 10.4. The van der Waals surface area contributed by atoms with E-state index in [4.69, 9.17) is 23.1 Å². The van der Waals surface area contributed by atoms with Crippen LogP contribution in [0.25, 0.3) is 0 Å². The van der Waals surface area contributed by atoms with Crippen molar-refractivity contribution in [2.24, 2.45) is 0 Å². The van der Waals surface area contributed by atoms with Crippen molar-refractivity contribution in [2.75, 3.05) is 27.9 Å². The van der Waals surface area contributed by atoms with E-state index >= 15 is 0 Å². The number of hydrogen-bond acceptors (Lipinski definition) is 6. The van der Waals surface area contributed by atoms with E-state index in [1.807, 2.05) is 0 Å². The van der Waals surface area contributed by atoms with Crippen molar-refractivity contribution in [3.63, 3.8) is 0 Å². The molecule has 0 atom stereocenters. The van der Waals surface area contributed by atoms with Gasteiger partial charge in [-0.3, -0.25) is 0 Å². The minimum atomic E-state index is -2.52. The minimum absolute atomic E-state index is 0.176. The molecule has 0 bridgehead atoms. The highest BCUT2D eigenvalue weighted by Gasteiger charge is 2.36. The zero-order valence-corrected chi connectivity index (χ0v) is 14.9. The molecule has 0 saturated carbocycles. The van der Waals surface area contributed by atoms with Crippen LogP contribution in [0.15, 0.2) is 24.3 Å². The van der Waals surface area contributed by atoms with Crippen LogP contribution in [0, 0.1) is 0 Å². The molecular formula is C14H26O7Si. The topological polar surface area (TPSA) is 91.3 Å². The van der Waals surface area contributed by atoms with E-state index in [1.54, 1.807) is 34.3 Å². The maximum atomic E-state index is 11.0. The van der Waals surface area contributed by atoms with Gasteiger partial charge in [-0.25, -0.2) is 9.59 Å². The fourth-order valence-electron chi connectivity index (χ4n) is 1.20. The largest absolute Gasteiger partial charge is 0.500 e. The van der Waals surface area contributed by atoms with E-state index in [-0.39, 0.29) is 11.5 Å². The van der Waals surface area contributed by atoms with Crippen LogP contribution in [0.2, 0.25) is 6.04 Å². The van der Waals surface area contributed by atoms with Gasteiger partial charge in [0.2, 0.25) is 0 Å². The first-order valence-electron chi connectivity index (χ1n) is 6.62. The van der Waals surface area contributed by atoms with Gasteiger partial charge in [0.15, 0.2) is 0 Å². The highest BCUT2D eigenvalue weighted by Crippen LogP contribution is 2.14. The normalized spacial score (nSPS) is 10.8. The summed E-state index contributed by atoms with van der Waals surface area (Å²) in [5, 5.41) is 7.89. The molecule has 0 unspecified atom stereocenters. The minimum Gasteiger partial charge on any atom is -0.478 e. The Labute approximate surface area is 132 Å². The lowest BCUT2D eigenvalue weighted by molar-refractivity contribution is -0.138. The summed E-state index contributed by atoms with van der Waals surface area (Å²) < 4.78 is 20.6. The summed E-state index contributed by atoms with van der Waals surface area (Å²) in [6.45, 7) is 6.71. The smallest absolute Gasteiger partial charge is 0.478 e. The molecule has 0 aliphatic heterocycles. The van der Waals surface area contributed by atoms with Gasteiger partial charge in [0.1, 0.15) is 0 Å². The molecule has 0 aromatic heterocycles. The highest BCUT2D eigenvalue weighted by atomic mass is 28.4. The molecule has 0 amide bonds.